The van der Waals surface area contributed by atoms with Gasteiger partial charge in [0.15, 0.2) is 0 Å². The van der Waals surface area contributed by atoms with Crippen molar-refractivity contribution in [1.29, 1.82) is 0 Å². The number of nitrogens with one attached hydrogen (secondary N) is 1. The van der Waals surface area contributed by atoms with Crippen LogP contribution in [0.25, 0.3) is 0 Å². The second-order valence-electron chi connectivity index (χ2n) is 7.44. The Morgan fingerprint density at radius 3 is 2.23 bits per heavy atom. The molecule has 0 saturated heterocycles. The predicted octanol–water partition coefficient (Wildman–Crippen LogP) is 5.54. The number of para-hydroxylation sites is 1. The third-order valence-corrected chi connectivity index (χ3v) is 6.30. The highest BCUT2D eigenvalue weighted by molar-refractivity contribution is 8.04. The molecule has 0 radical (unpaired) electrons. The zero-order valence-electron chi connectivity index (χ0n) is 17.6. The first-order valence-corrected chi connectivity index (χ1v) is 11.1. The van der Waals surface area contributed by atoms with Gasteiger partial charge in [-0.05, 0) is 42.7 Å². The van der Waals surface area contributed by atoms with Gasteiger partial charge >= 0.3 is 0 Å². The Hall–Kier alpha value is -3.31. The molecule has 1 heterocycles. The monoisotopic (exact) mass is 428 g/mol. The van der Waals surface area contributed by atoms with Gasteiger partial charge in [0.25, 0.3) is 11.8 Å². The smallest absolute Gasteiger partial charge is 0.278 e. The molecular formula is C26H24N2O2S. The summed E-state index contributed by atoms with van der Waals surface area (Å²) < 4.78 is 0. The highest BCUT2D eigenvalue weighted by Gasteiger charge is 2.39. The van der Waals surface area contributed by atoms with Crippen LogP contribution in [0.4, 0.5) is 5.69 Å². The Morgan fingerprint density at radius 2 is 1.52 bits per heavy atom. The Kier molecular flexibility index (Phi) is 6.23. The third-order valence-electron chi connectivity index (χ3n) is 5.21. The number of imide groups is 1. The maximum absolute atomic E-state index is 13.4. The summed E-state index contributed by atoms with van der Waals surface area (Å²) in [4.78, 5) is 29.4. The lowest BCUT2D eigenvalue weighted by Crippen LogP contribution is -2.32. The van der Waals surface area contributed by atoms with Crippen molar-refractivity contribution in [3.63, 3.8) is 0 Å². The molecule has 3 aromatic rings. The van der Waals surface area contributed by atoms with E-state index in [4.69, 9.17) is 0 Å². The van der Waals surface area contributed by atoms with Crippen LogP contribution in [0.3, 0.4) is 0 Å². The molecule has 0 unspecified atom stereocenters. The average molecular weight is 429 g/mol. The lowest BCUT2D eigenvalue weighted by molar-refractivity contribution is -0.137. The van der Waals surface area contributed by atoms with Crippen LogP contribution in [0.5, 0.6) is 0 Å². The maximum Gasteiger partial charge on any atom is 0.278 e. The topological polar surface area (TPSA) is 49.4 Å². The molecule has 3 aromatic carbocycles. The van der Waals surface area contributed by atoms with E-state index >= 15 is 0 Å². The lowest BCUT2D eigenvalue weighted by atomic mass is 10.1. The first-order chi connectivity index (χ1) is 15.1. The summed E-state index contributed by atoms with van der Waals surface area (Å²) in [6.07, 6.45) is 0.826. The average Bonchev–Trinajstić information content (AvgIpc) is 3.00. The normalized spacial score (nSPS) is 13.8. The van der Waals surface area contributed by atoms with E-state index in [0.717, 1.165) is 33.7 Å². The molecule has 1 aliphatic rings. The van der Waals surface area contributed by atoms with Gasteiger partial charge in [-0.15, -0.1) is 0 Å². The Balaban J connectivity index is 1.70. The zero-order valence-corrected chi connectivity index (χ0v) is 18.4. The lowest BCUT2D eigenvalue weighted by Gasteiger charge is -2.16. The molecular weight excluding hydrogens is 404 g/mol. The van der Waals surface area contributed by atoms with Crippen molar-refractivity contribution in [2.75, 3.05) is 5.32 Å². The van der Waals surface area contributed by atoms with Crippen LogP contribution in [0.2, 0.25) is 0 Å². The zero-order chi connectivity index (χ0) is 21.8. The molecule has 4 rings (SSSR count). The molecule has 0 fully saturated rings. The van der Waals surface area contributed by atoms with Crippen LogP contribution < -0.4 is 5.32 Å². The van der Waals surface area contributed by atoms with E-state index in [0.29, 0.717) is 10.6 Å². The fraction of sp³-hybridized carbons (Fsp3) is 0.154. The fourth-order valence-electron chi connectivity index (χ4n) is 3.48. The van der Waals surface area contributed by atoms with E-state index in [9.17, 15) is 9.59 Å². The quantitative estimate of drug-likeness (QED) is 0.502. The molecule has 1 N–H and O–H groups in total. The first kappa shape index (κ1) is 20.9. The van der Waals surface area contributed by atoms with E-state index in [-0.39, 0.29) is 18.4 Å². The van der Waals surface area contributed by atoms with Gasteiger partial charge in [0.2, 0.25) is 0 Å². The van der Waals surface area contributed by atoms with Crippen molar-refractivity contribution in [1.82, 2.24) is 4.90 Å². The first-order valence-electron chi connectivity index (χ1n) is 10.3. The minimum absolute atomic E-state index is 0.247. The number of anilines is 1. The van der Waals surface area contributed by atoms with Crippen LogP contribution in [0.1, 0.15) is 23.6 Å². The molecule has 5 heteroatoms. The summed E-state index contributed by atoms with van der Waals surface area (Å²) in [5, 5.41) is 3.28. The summed E-state index contributed by atoms with van der Waals surface area (Å²) in [6.45, 7) is 4.34. The van der Waals surface area contributed by atoms with E-state index in [1.165, 1.54) is 16.7 Å². The molecule has 0 aromatic heterocycles. The molecule has 156 valence electrons. The largest absolute Gasteiger partial charge is 0.350 e. The molecule has 2 amide bonds. The van der Waals surface area contributed by atoms with Crippen molar-refractivity contribution in [3.8, 4) is 0 Å². The molecule has 0 saturated carbocycles. The second-order valence-corrected chi connectivity index (χ2v) is 8.52. The Labute approximate surface area is 187 Å². The number of hydrogen-bond acceptors (Lipinski definition) is 4. The van der Waals surface area contributed by atoms with Crippen LogP contribution in [0, 0.1) is 6.92 Å². The number of benzene rings is 3. The van der Waals surface area contributed by atoms with Gasteiger partial charge in [0.05, 0.1) is 6.54 Å². The number of carbonyl (C=O) groups excluding carboxylic acids is 2. The molecule has 4 nitrogen and oxygen atoms in total. The van der Waals surface area contributed by atoms with Crippen molar-refractivity contribution >= 4 is 29.3 Å². The highest BCUT2D eigenvalue weighted by Crippen LogP contribution is 2.37. The van der Waals surface area contributed by atoms with Crippen LogP contribution >= 0.6 is 11.8 Å². The van der Waals surface area contributed by atoms with Crippen LogP contribution in [0.15, 0.2) is 94.4 Å². The highest BCUT2D eigenvalue weighted by atomic mass is 32.2. The number of amides is 2. The number of nitrogens with zero attached hydrogens (tertiary/aromatic N) is 1. The summed E-state index contributed by atoms with van der Waals surface area (Å²) in [5.74, 6) is -0.565. The van der Waals surface area contributed by atoms with E-state index in [1.54, 1.807) is 0 Å². The molecule has 0 atom stereocenters. The van der Waals surface area contributed by atoms with E-state index in [1.807, 2.05) is 85.8 Å². The number of hydrogen-bond donors (Lipinski definition) is 1. The summed E-state index contributed by atoms with van der Waals surface area (Å²) in [7, 11) is 0. The maximum atomic E-state index is 13.4. The van der Waals surface area contributed by atoms with E-state index < -0.39 is 0 Å². The summed E-state index contributed by atoms with van der Waals surface area (Å²) >= 11 is 1.33. The van der Waals surface area contributed by atoms with Gasteiger partial charge in [0.1, 0.15) is 10.6 Å². The minimum Gasteiger partial charge on any atom is -0.350 e. The molecule has 0 bridgehead atoms. The number of carbonyl (C=O) groups is 2. The second kappa shape index (κ2) is 9.23. The van der Waals surface area contributed by atoms with Gasteiger partial charge < -0.3 is 5.32 Å². The van der Waals surface area contributed by atoms with Gasteiger partial charge in [-0.1, -0.05) is 84.9 Å². The number of rotatable bonds is 7. The van der Waals surface area contributed by atoms with E-state index in [2.05, 4.69) is 12.2 Å². The molecule has 31 heavy (non-hydrogen) atoms. The minimum atomic E-state index is -0.297. The summed E-state index contributed by atoms with van der Waals surface area (Å²) in [6, 6.07) is 25.4. The Morgan fingerprint density at radius 1 is 0.839 bits per heavy atom. The van der Waals surface area contributed by atoms with Gasteiger partial charge in [0, 0.05) is 10.6 Å². The van der Waals surface area contributed by atoms with Gasteiger partial charge in [-0.2, -0.15) is 0 Å². The van der Waals surface area contributed by atoms with Crippen molar-refractivity contribution < 1.29 is 9.59 Å². The summed E-state index contributed by atoms with van der Waals surface area (Å²) in [5.41, 5.74) is 4.35. The Bertz CT molecular complexity index is 1140. The van der Waals surface area contributed by atoms with Crippen molar-refractivity contribution in [3.05, 3.63) is 106 Å². The third kappa shape index (κ3) is 4.57. The number of thioether (sulfide) groups is 1. The van der Waals surface area contributed by atoms with Crippen LogP contribution in [-0.2, 0) is 22.6 Å². The van der Waals surface area contributed by atoms with Crippen molar-refractivity contribution in [2.24, 2.45) is 0 Å². The molecule has 0 aliphatic carbocycles. The number of aryl methyl sites for hydroxylation is 2. The van der Waals surface area contributed by atoms with Crippen LogP contribution in [-0.4, -0.2) is 16.7 Å². The standard InChI is InChI=1S/C26H24N2O2S/c1-3-20-11-7-8-12-22(20)27-23-24(31-21-15-13-18(2)14-16-21)26(30)28(25(23)29)17-19-9-5-4-6-10-19/h4-16,27H,3,17H2,1-2H3. The molecule has 0 spiro atoms. The SMILES string of the molecule is CCc1ccccc1NC1=C(Sc2ccc(C)cc2)C(=O)N(Cc2ccccc2)C1=O. The molecule has 1 aliphatic heterocycles. The van der Waals surface area contributed by atoms with Gasteiger partial charge in [-0.25, -0.2) is 0 Å². The van der Waals surface area contributed by atoms with Gasteiger partial charge in [-0.3, -0.25) is 14.5 Å². The fourth-order valence-corrected chi connectivity index (χ4v) is 4.42. The van der Waals surface area contributed by atoms with Crippen molar-refractivity contribution in [2.45, 2.75) is 31.7 Å². The predicted molar refractivity (Wildman–Crippen MR) is 126 cm³/mol.